The van der Waals surface area contributed by atoms with Crippen LogP contribution >= 0.6 is 34.7 Å². The minimum Gasteiger partial charge on any atom is -0.259 e. The van der Waals surface area contributed by atoms with Gasteiger partial charge >= 0.3 is 0 Å². The molecule has 114 valence electrons. The second-order valence-electron chi connectivity index (χ2n) is 4.71. The number of para-hydroxylation sites is 1. The van der Waals surface area contributed by atoms with Crippen LogP contribution in [0, 0.1) is 0 Å². The first kappa shape index (κ1) is 16.0. The fraction of sp³-hybridized carbons (Fsp3) is 0.188. The first-order chi connectivity index (χ1) is 10.7. The molecule has 0 unspecified atom stereocenters. The molecule has 0 saturated heterocycles. The molecule has 0 N–H and O–H groups in total. The van der Waals surface area contributed by atoms with Crippen LogP contribution in [-0.4, -0.2) is 20.7 Å². The summed E-state index contributed by atoms with van der Waals surface area (Å²) in [6.45, 7) is 0. The van der Waals surface area contributed by atoms with Crippen molar-refractivity contribution >= 4 is 55.7 Å². The van der Waals surface area contributed by atoms with Crippen LogP contribution in [0.15, 0.2) is 52.9 Å². The smallest absolute Gasteiger partial charge is 0.151 e. The van der Waals surface area contributed by atoms with Gasteiger partial charge in [-0.25, -0.2) is 4.98 Å². The summed E-state index contributed by atoms with van der Waals surface area (Å²) in [5.41, 5.74) is 2.10. The van der Waals surface area contributed by atoms with Gasteiger partial charge in [0.25, 0.3) is 0 Å². The minimum absolute atomic E-state index is 0.581. The zero-order valence-corrected chi connectivity index (χ0v) is 14.9. The average molecular weight is 368 g/mol. The molecule has 6 heteroatoms. The number of hydrogen-bond acceptors (Lipinski definition) is 4. The van der Waals surface area contributed by atoms with E-state index in [1.807, 2.05) is 42.5 Å². The van der Waals surface area contributed by atoms with Gasteiger partial charge in [-0.3, -0.25) is 4.21 Å². The summed E-state index contributed by atoms with van der Waals surface area (Å²) in [6, 6.07) is 15.7. The van der Waals surface area contributed by atoms with Crippen LogP contribution in [0.3, 0.4) is 0 Å². The van der Waals surface area contributed by atoms with E-state index in [1.54, 1.807) is 23.1 Å². The summed E-state index contributed by atoms with van der Waals surface area (Å²) >= 11 is 9.22. The highest BCUT2D eigenvalue weighted by Crippen LogP contribution is 2.29. The average Bonchev–Trinajstić information content (AvgIpc) is 2.92. The van der Waals surface area contributed by atoms with Crippen LogP contribution in [0.4, 0.5) is 0 Å². The Morgan fingerprint density at radius 2 is 1.91 bits per heavy atom. The second kappa shape index (κ2) is 7.59. The van der Waals surface area contributed by atoms with E-state index in [0.29, 0.717) is 16.5 Å². The van der Waals surface area contributed by atoms with Crippen LogP contribution < -0.4 is 0 Å². The zero-order chi connectivity index (χ0) is 15.4. The quantitative estimate of drug-likeness (QED) is 0.575. The van der Waals surface area contributed by atoms with Gasteiger partial charge in [0.2, 0.25) is 0 Å². The van der Waals surface area contributed by atoms with Gasteiger partial charge in [-0.2, -0.15) is 0 Å². The van der Waals surface area contributed by atoms with Crippen LogP contribution in [0.1, 0.15) is 5.56 Å². The topological polar surface area (TPSA) is 30.0 Å². The lowest BCUT2D eigenvalue weighted by Crippen LogP contribution is -2.03. The normalized spacial score (nSPS) is 12.6. The summed E-state index contributed by atoms with van der Waals surface area (Å²) < 4.78 is 14.4. The summed E-state index contributed by atoms with van der Waals surface area (Å²) in [5.74, 6) is 2.07. The Morgan fingerprint density at radius 3 is 2.68 bits per heavy atom. The van der Waals surface area contributed by atoms with Crippen molar-refractivity contribution in [3.63, 3.8) is 0 Å². The van der Waals surface area contributed by atoms with E-state index in [9.17, 15) is 4.21 Å². The van der Waals surface area contributed by atoms with Crippen LogP contribution in [0.5, 0.6) is 0 Å². The van der Waals surface area contributed by atoms with Gasteiger partial charge in [-0.15, -0.1) is 11.3 Å². The van der Waals surface area contributed by atoms with Crippen molar-refractivity contribution in [3.05, 3.63) is 59.1 Å². The van der Waals surface area contributed by atoms with Gasteiger partial charge in [0.15, 0.2) is 4.34 Å². The molecule has 22 heavy (non-hydrogen) atoms. The van der Waals surface area contributed by atoms with Crippen molar-refractivity contribution in [2.45, 2.75) is 10.1 Å². The maximum absolute atomic E-state index is 12.1. The Bertz CT molecular complexity index is 752. The van der Waals surface area contributed by atoms with E-state index in [-0.39, 0.29) is 0 Å². The van der Waals surface area contributed by atoms with Gasteiger partial charge < -0.3 is 0 Å². The standard InChI is InChI=1S/C16H14ClNOS3/c17-13-7-5-12(6-8-13)11-22(19)10-9-20-16-18-14-3-1-2-4-15(14)21-16/h1-8H,9-11H2/t22-/m1/s1. The van der Waals surface area contributed by atoms with Gasteiger partial charge in [0.1, 0.15) is 0 Å². The number of hydrogen-bond donors (Lipinski definition) is 0. The van der Waals surface area contributed by atoms with Gasteiger partial charge in [0, 0.05) is 33.1 Å². The predicted octanol–water partition coefficient (Wildman–Crippen LogP) is 4.99. The number of thiazole rings is 1. The largest absolute Gasteiger partial charge is 0.259 e. The lowest BCUT2D eigenvalue weighted by Gasteiger charge is -2.02. The molecule has 0 bridgehead atoms. The molecule has 2 nitrogen and oxygen atoms in total. The number of fused-ring (bicyclic) bond motifs is 1. The van der Waals surface area contributed by atoms with E-state index >= 15 is 0 Å². The van der Waals surface area contributed by atoms with E-state index in [1.165, 1.54) is 4.70 Å². The fourth-order valence-corrected chi connectivity index (χ4v) is 5.67. The molecule has 0 fully saturated rings. The summed E-state index contributed by atoms with van der Waals surface area (Å²) in [6.07, 6.45) is 0. The molecule has 2 aromatic carbocycles. The number of benzene rings is 2. The van der Waals surface area contributed by atoms with Crippen LogP contribution in [-0.2, 0) is 16.6 Å². The molecule has 0 saturated carbocycles. The van der Waals surface area contributed by atoms with Gasteiger partial charge in [-0.1, -0.05) is 47.6 Å². The Labute approximate surface area is 145 Å². The molecule has 0 spiro atoms. The number of thioether (sulfide) groups is 1. The molecule has 3 aromatic rings. The monoisotopic (exact) mass is 367 g/mol. The SMILES string of the molecule is O=[S@](CCSc1nc2ccccc2s1)Cc1ccc(Cl)cc1. The van der Waals surface area contributed by atoms with Crippen LogP contribution in [0.25, 0.3) is 10.2 Å². The Kier molecular flexibility index (Phi) is 5.52. The maximum Gasteiger partial charge on any atom is 0.151 e. The molecule has 3 rings (SSSR count). The van der Waals surface area contributed by atoms with Crippen molar-refractivity contribution in [1.82, 2.24) is 4.98 Å². The highest BCUT2D eigenvalue weighted by atomic mass is 35.5. The van der Waals surface area contributed by atoms with Gasteiger partial charge in [-0.05, 0) is 29.8 Å². The first-order valence-electron chi connectivity index (χ1n) is 6.78. The van der Waals surface area contributed by atoms with Gasteiger partial charge in [0.05, 0.1) is 10.2 Å². The number of rotatable bonds is 6. The molecular formula is C16H14ClNOS3. The lowest BCUT2D eigenvalue weighted by atomic mass is 10.2. The third kappa shape index (κ3) is 4.32. The van der Waals surface area contributed by atoms with Crippen molar-refractivity contribution < 1.29 is 4.21 Å². The van der Waals surface area contributed by atoms with Crippen molar-refractivity contribution in [3.8, 4) is 0 Å². The van der Waals surface area contributed by atoms with E-state index < -0.39 is 10.8 Å². The number of aromatic nitrogens is 1. The molecular weight excluding hydrogens is 354 g/mol. The zero-order valence-electron chi connectivity index (χ0n) is 11.7. The highest BCUT2D eigenvalue weighted by molar-refractivity contribution is 8.01. The van der Waals surface area contributed by atoms with E-state index in [2.05, 4.69) is 11.1 Å². The molecule has 0 aliphatic heterocycles. The molecule has 1 aromatic heterocycles. The predicted molar refractivity (Wildman–Crippen MR) is 98.5 cm³/mol. The van der Waals surface area contributed by atoms with Crippen LogP contribution in [0.2, 0.25) is 5.02 Å². The number of nitrogens with zero attached hydrogens (tertiary/aromatic N) is 1. The molecule has 0 aliphatic carbocycles. The fourth-order valence-electron chi connectivity index (χ4n) is 1.97. The molecule has 1 atom stereocenters. The molecule has 0 radical (unpaired) electrons. The minimum atomic E-state index is -0.856. The molecule has 0 amide bonds. The molecule has 1 heterocycles. The third-order valence-electron chi connectivity index (χ3n) is 3.05. The summed E-state index contributed by atoms with van der Waals surface area (Å²) in [5, 5.41) is 0.709. The number of halogens is 1. The molecule has 0 aliphatic rings. The second-order valence-corrected chi connectivity index (χ2v) is 9.10. The van der Waals surface area contributed by atoms with E-state index in [4.69, 9.17) is 11.6 Å². The summed E-state index contributed by atoms with van der Waals surface area (Å²) in [7, 11) is -0.856. The van der Waals surface area contributed by atoms with E-state index in [0.717, 1.165) is 21.2 Å². The highest BCUT2D eigenvalue weighted by Gasteiger charge is 2.06. The Morgan fingerprint density at radius 1 is 1.14 bits per heavy atom. The Hall–Kier alpha value is -0.880. The van der Waals surface area contributed by atoms with Crippen molar-refractivity contribution in [2.75, 3.05) is 11.5 Å². The third-order valence-corrected chi connectivity index (χ3v) is 7.06. The summed E-state index contributed by atoms with van der Waals surface area (Å²) in [4.78, 5) is 4.57. The van der Waals surface area contributed by atoms with Crippen molar-refractivity contribution in [1.29, 1.82) is 0 Å². The lowest BCUT2D eigenvalue weighted by molar-refractivity contribution is 0.683. The first-order valence-corrected chi connectivity index (χ1v) is 10.5. The maximum atomic E-state index is 12.1. The van der Waals surface area contributed by atoms with Crippen molar-refractivity contribution in [2.24, 2.45) is 0 Å². The Balaban J connectivity index is 1.49.